The normalized spacial score (nSPS) is 14.8. The molecule has 64 valence electrons. The SMILES string of the molecule is O=C1CC(=O)NC(=O)N1.[N-]=[N+]=N. The molecule has 1 saturated heterocycles. The van der Waals surface area contributed by atoms with E-state index in [0.717, 1.165) is 0 Å². The molecule has 1 aliphatic heterocycles. The number of imide groups is 2. The quantitative estimate of drug-likeness (QED) is 0.198. The Kier molecular flexibility index (Phi) is 3.88. The molecule has 8 nitrogen and oxygen atoms in total. The molecule has 0 saturated carbocycles. The summed E-state index contributed by atoms with van der Waals surface area (Å²) in [6.07, 6.45) is -0.258. The summed E-state index contributed by atoms with van der Waals surface area (Å²) in [5.74, 6) is -1.10. The van der Waals surface area contributed by atoms with Crippen LogP contribution in [-0.2, 0) is 9.59 Å². The Morgan fingerprint density at radius 3 is 1.83 bits per heavy atom. The van der Waals surface area contributed by atoms with Crippen molar-refractivity contribution in [3.8, 4) is 0 Å². The summed E-state index contributed by atoms with van der Waals surface area (Å²) < 4.78 is 0. The van der Waals surface area contributed by atoms with E-state index in [1.165, 1.54) is 0 Å². The Hall–Kier alpha value is -2.08. The number of nitrogens with zero attached hydrogens (tertiary/aromatic N) is 2. The maximum atomic E-state index is 10.3. The molecule has 1 fully saturated rings. The first kappa shape index (κ1) is 9.92. The molecule has 0 aliphatic carbocycles. The minimum Gasteiger partial charge on any atom is -0.277 e. The molecule has 8 heteroatoms. The molecule has 1 heterocycles. The molecule has 0 aromatic carbocycles. The van der Waals surface area contributed by atoms with Crippen LogP contribution in [-0.4, -0.2) is 17.8 Å². The Morgan fingerprint density at radius 1 is 1.25 bits per heavy atom. The first-order chi connectivity index (χ1) is 5.60. The standard InChI is InChI=1S/C4H4N2O3.HN3/c7-2-1-3(8)6-4(9)5-2;1-3-2/h1H2,(H2,5,6,7,8,9);1H. The second-order valence-corrected chi connectivity index (χ2v) is 1.70. The maximum Gasteiger partial charge on any atom is 0.328 e. The Bertz CT molecular complexity index is 208. The van der Waals surface area contributed by atoms with Crippen molar-refractivity contribution >= 4 is 17.8 Å². The topological polar surface area (TPSA) is 136 Å². The molecule has 4 amide bonds. The van der Waals surface area contributed by atoms with Crippen LogP contribution in [0.25, 0.3) is 10.4 Å². The van der Waals surface area contributed by atoms with Gasteiger partial charge in [-0.25, -0.2) is 4.79 Å². The summed E-state index contributed by atoms with van der Waals surface area (Å²) in [6.45, 7) is 0. The van der Waals surface area contributed by atoms with Crippen LogP contribution in [0.3, 0.4) is 0 Å². The highest BCUT2D eigenvalue weighted by atomic mass is 16.2. The average molecular weight is 171 g/mol. The lowest BCUT2D eigenvalue weighted by Crippen LogP contribution is -2.49. The molecule has 0 aromatic rings. The fraction of sp³-hybridized carbons (Fsp3) is 0.250. The van der Waals surface area contributed by atoms with Gasteiger partial charge in [0.25, 0.3) is 0 Å². The van der Waals surface area contributed by atoms with Crippen LogP contribution in [0.15, 0.2) is 0 Å². The maximum absolute atomic E-state index is 10.3. The van der Waals surface area contributed by atoms with E-state index in [0.29, 0.717) is 0 Å². The third kappa shape index (κ3) is 3.85. The summed E-state index contributed by atoms with van der Waals surface area (Å²) >= 11 is 0. The monoisotopic (exact) mass is 171 g/mol. The predicted octanol–water partition coefficient (Wildman–Crippen LogP) is -0.382. The van der Waals surface area contributed by atoms with Gasteiger partial charge in [0.1, 0.15) is 6.42 Å². The molecule has 0 radical (unpaired) electrons. The molecule has 12 heavy (non-hydrogen) atoms. The molecule has 1 rings (SSSR count). The summed E-state index contributed by atoms with van der Waals surface area (Å²) in [5.41, 5.74) is 12.2. The first-order valence-corrected chi connectivity index (χ1v) is 2.74. The van der Waals surface area contributed by atoms with Gasteiger partial charge in [0.15, 0.2) is 0 Å². The fourth-order valence-corrected chi connectivity index (χ4v) is 0.519. The molecule has 0 spiro atoms. The lowest BCUT2D eigenvalue weighted by atomic mass is 10.3. The van der Waals surface area contributed by atoms with Gasteiger partial charge in [-0.05, 0) is 10.4 Å². The highest BCUT2D eigenvalue weighted by molar-refractivity contribution is 6.14. The number of urea groups is 1. The zero-order chi connectivity index (χ0) is 9.56. The van der Waals surface area contributed by atoms with E-state index in [1.807, 2.05) is 10.6 Å². The van der Waals surface area contributed by atoms with E-state index >= 15 is 0 Å². The van der Waals surface area contributed by atoms with E-state index < -0.39 is 17.8 Å². The number of carbonyl (C=O) groups is 3. The van der Waals surface area contributed by atoms with Gasteiger partial charge in [-0.3, -0.25) is 20.2 Å². The van der Waals surface area contributed by atoms with Crippen molar-refractivity contribution in [2.45, 2.75) is 6.42 Å². The predicted molar refractivity (Wildman–Crippen MR) is 35.7 cm³/mol. The second-order valence-electron chi connectivity index (χ2n) is 1.70. The minimum atomic E-state index is -0.740. The van der Waals surface area contributed by atoms with Gasteiger partial charge in [0.05, 0.1) is 0 Å². The molecular weight excluding hydrogens is 166 g/mol. The summed E-state index contributed by atoms with van der Waals surface area (Å²) in [7, 11) is 0. The van der Waals surface area contributed by atoms with Gasteiger partial charge in [-0.2, -0.15) is 0 Å². The number of carbonyl (C=O) groups excluding carboxylic acids is 3. The Morgan fingerprint density at radius 2 is 1.58 bits per heavy atom. The van der Waals surface area contributed by atoms with E-state index in [1.54, 1.807) is 4.91 Å². The molecule has 3 N–H and O–H groups in total. The summed E-state index contributed by atoms with van der Waals surface area (Å²) in [6, 6.07) is -0.740. The molecule has 0 unspecified atom stereocenters. The van der Waals surface area contributed by atoms with Crippen LogP contribution in [0.4, 0.5) is 4.79 Å². The zero-order valence-electron chi connectivity index (χ0n) is 5.83. The minimum absolute atomic E-state index is 0.258. The molecule has 1 aliphatic rings. The van der Waals surface area contributed by atoms with Gasteiger partial charge in [0.2, 0.25) is 11.8 Å². The van der Waals surface area contributed by atoms with Gasteiger partial charge in [-0.15, -0.1) is 5.53 Å². The zero-order valence-corrected chi connectivity index (χ0v) is 5.83. The number of nitrogens with one attached hydrogen (secondary N) is 3. The van der Waals surface area contributed by atoms with Gasteiger partial charge >= 0.3 is 6.03 Å². The van der Waals surface area contributed by atoms with Gasteiger partial charge < -0.3 is 0 Å². The van der Waals surface area contributed by atoms with E-state index in [4.69, 9.17) is 11.1 Å². The van der Waals surface area contributed by atoms with Crippen LogP contribution in [0.5, 0.6) is 0 Å². The number of amides is 4. The van der Waals surface area contributed by atoms with Crippen molar-refractivity contribution in [3.05, 3.63) is 10.4 Å². The second kappa shape index (κ2) is 4.69. The van der Waals surface area contributed by atoms with Crippen molar-refractivity contribution in [1.29, 1.82) is 5.53 Å². The third-order valence-corrected chi connectivity index (χ3v) is 0.827. The number of hydrogen-bond acceptors (Lipinski definition) is 4. The lowest BCUT2D eigenvalue weighted by molar-refractivity contribution is -0.129. The molecule has 0 atom stereocenters. The number of hydrogen-bond donors (Lipinski definition) is 3. The first-order valence-electron chi connectivity index (χ1n) is 2.74. The average Bonchev–Trinajstić information content (AvgIpc) is 1.84. The van der Waals surface area contributed by atoms with Crippen LogP contribution in [0, 0.1) is 5.53 Å². The highest BCUT2D eigenvalue weighted by Crippen LogP contribution is 1.85. The van der Waals surface area contributed by atoms with E-state index in [2.05, 4.69) is 0 Å². The fourth-order valence-electron chi connectivity index (χ4n) is 0.519. The smallest absolute Gasteiger partial charge is 0.277 e. The van der Waals surface area contributed by atoms with Crippen molar-refractivity contribution in [2.75, 3.05) is 0 Å². The van der Waals surface area contributed by atoms with Gasteiger partial charge in [0, 0.05) is 0 Å². The van der Waals surface area contributed by atoms with Gasteiger partial charge in [-0.1, -0.05) is 0 Å². The van der Waals surface area contributed by atoms with Crippen LogP contribution >= 0.6 is 0 Å². The molecule has 0 aromatic heterocycles. The highest BCUT2D eigenvalue weighted by Gasteiger charge is 2.20. The Balaban J connectivity index is 0.000000354. The molecule has 0 bridgehead atoms. The number of rotatable bonds is 0. The number of barbiturate groups is 1. The van der Waals surface area contributed by atoms with Crippen LogP contribution in [0.2, 0.25) is 0 Å². The van der Waals surface area contributed by atoms with Crippen molar-refractivity contribution in [3.63, 3.8) is 0 Å². The Labute approximate surface area is 66.3 Å². The lowest BCUT2D eigenvalue weighted by Gasteiger charge is -2.09. The van der Waals surface area contributed by atoms with Crippen LogP contribution in [0.1, 0.15) is 6.42 Å². The van der Waals surface area contributed by atoms with Crippen molar-refractivity contribution in [2.24, 2.45) is 0 Å². The van der Waals surface area contributed by atoms with Crippen LogP contribution < -0.4 is 10.6 Å². The van der Waals surface area contributed by atoms with E-state index in [-0.39, 0.29) is 6.42 Å². The molecular formula is C4H5N5O3. The van der Waals surface area contributed by atoms with E-state index in [9.17, 15) is 14.4 Å². The largest absolute Gasteiger partial charge is 0.328 e. The van der Waals surface area contributed by atoms with Crippen molar-refractivity contribution in [1.82, 2.24) is 10.6 Å². The van der Waals surface area contributed by atoms with Crippen molar-refractivity contribution < 1.29 is 14.4 Å². The summed E-state index contributed by atoms with van der Waals surface area (Å²) in [4.78, 5) is 32.6. The third-order valence-electron chi connectivity index (χ3n) is 0.827. The summed E-state index contributed by atoms with van der Waals surface area (Å²) in [5, 5.41) is 3.80.